The predicted molar refractivity (Wildman–Crippen MR) is 127 cm³/mol. The average molecular weight is 497 g/mol. The van der Waals surface area contributed by atoms with Crippen molar-refractivity contribution in [2.24, 2.45) is 0 Å². The van der Waals surface area contributed by atoms with Crippen molar-refractivity contribution in [1.82, 2.24) is 14.5 Å². The highest BCUT2D eigenvalue weighted by molar-refractivity contribution is 9.10. The summed E-state index contributed by atoms with van der Waals surface area (Å²) in [7, 11) is 0. The van der Waals surface area contributed by atoms with E-state index < -0.39 is 0 Å². The smallest absolute Gasteiger partial charge is 0.302 e. The summed E-state index contributed by atoms with van der Waals surface area (Å²) in [5.74, 6) is 0. The molecule has 2 aliphatic rings. The molecule has 1 spiro atoms. The summed E-state index contributed by atoms with van der Waals surface area (Å²) < 4.78 is 2.82. The Bertz CT molecular complexity index is 1000. The number of benzene rings is 1. The van der Waals surface area contributed by atoms with Crippen LogP contribution in [0.1, 0.15) is 55.2 Å². The van der Waals surface area contributed by atoms with Gasteiger partial charge in [-0.2, -0.15) is 0 Å². The Labute approximate surface area is 192 Å². The Morgan fingerprint density at radius 1 is 1.13 bits per heavy atom. The first kappa shape index (κ1) is 23.3. The number of fused-ring (bicyclic) bond motifs is 2. The van der Waals surface area contributed by atoms with Gasteiger partial charge in [0.05, 0.1) is 0 Å². The molecule has 2 aromatic rings. The highest BCUT2D eigenvalue weighted by Crippen LogP contribution is 2.44. The molecule has 1 aliphatic carbocycles. The van der Waals surface area contributed by atoms with Crippen molar-refractivity contribution in [3.8, 4) is 0 Å². The van der Waals surface area contributed by atoms with Gasteiger partial charge in [0.15, 0.2) is 0 Å². The molecule has 7 heteroatoms. The first-order valence-corrected chi connectivity index (χ1v) is 11.6. The number of likely N-dealkylation sites (tertiary alicyclic amines) is 1. The maximum Gasteiger partial charge on any atom is 0.328 e. The number of aromatic nitrogens is 2. The normalized spacial score (nSPS) is 20.9. The molecule has 0 amide bonds. The third-order valence-corrected chi connectivity index (χ3v) is 7.23. The van der Waals surface area contributed by atoms with Crippen LogP contribution >= 0.6 is 28.3 Å². The fraction of sp³-hybridized carbons (Fsp3) is 0.565. The molecule has 1 fully saturated rings. The number of rotatable bonds is 6. The van der Waals surface area contributed by atoms with Crippen molar-refractivity contribution in [3.05, 3.63) is 66.4 Å². The van der Waals surface area contributed by atoms with Crippen molar-refractivity contribution in [2.75, 3.05) is 19.6 Å². The predicted octanol–water partition coefficient (Wildman–Crippen LogP) is 4.18. The maximum atomic E-state index is 11.9. The van der Waals surface area contributed by atoms with E-state index in [-0.39, 0.29) is 23.7 Å². The number of nitrogens with one attached hydrogen (secondary N) is 1. The van der Waals surface area contributed by atoms with Gasteiger partial charge >= 0.3 is 5.69 Å². The molecule has 0 radical (unpaired) electrons. The Morgan fingerprint density at radius 3 is 2.77 bits per heavy atom. The zero-order valence-electron chi connectivity index (χ0n) is 17.6. The molecule has 1 atom stereocenters. The van der Waals surface area contributed by atoms with Crippen LogP contribution in [0.25, 0.3) is 0 Å². The lowest BCUT2D eigenvalue weighted by molar-refractivity contribution is 0.286. The van der Waals surface area contributed by atoms with Crippen molar-refractivity contribution >= 4 is 28.3 Å². The van der Waals surface area contributed by atoms with E-state index in [0.29, 0.717) is 17.5 Å². The summed E-state index contributed by atoms with van der Waals surface area (Å²) in [6.07, 6.45) is 9.97. The zero-order chi connectivity index (χ0) is 20.4. The first-order valence-electron chi connectivity index (χ1n) is 10.8. The fourth-order valence-corrected chi connectivity index (χ4v) is 5.60. The Hall–Kier alpha value is -1.37. The molecule has 5 nitrogen and oxygen atoms in total. The number of H-pyrrole nitrogens is 1. The quantitative estimate of drug-likeness (QED) is 0.610. The Kier molecular flexibility index (Phi) is 7.64. The highest BCUT2D eigenvalue weighted by atomic mass is 79.9. The maximum absolute atomic E-state index is 11.9. The van der Waals surface area contributed by atoms with Crippen LogP contribution in [0.15, 0.2) is 38.5 Å². The van der Waals surface area contributed by atoms with Crippen LogP contribution in [0.5, 0.6) is 0 Å². The molecule has 1 aromatic heterocycles. The van der Waals surface area contributed by atoms with Crippen molar-refractivity contribution in [2.45, 2.75) is 63.8 Å². The van der Waals surface area contributed by atoms with Gasteiger partial charge in [-0.05, 0) is 81.8 Å². The monoisotopic (exact) mass is 495 g/mol. The molecule has 1 aliphatic heterocycles. The third kappa shape index (κ3) is 4.92. The standard InChI is InChI=1S/C23H30BrN3O2.ClH/c1-17-15-27(22(29)25-21(17)28)12-4-2-3-11-26-13-10-23(16-26)9-5-6-18-14-19(24)7-8-20(18)23;/h7-8,14-15H,2-6,9-13,16H2,1H3,(H,25,28,29);1H. The minimum absolute atomic E-state index is 0. The second kappa shape index (κ2) is 9.84. The molecule has 30 heavy (non-hydrogen) atoms. The molecule has 1 N–H and O–H groups in total. The third-order valence-electron chi connectivity index (χ3n) is 6.74. The lowest BCUT2D eigenvalue weighted by Crippen LogP contribution is -2.35. The van der Waals surface area contributed by atoms with E-state index >= 15 is 0 Å². The van der Waals surface area contributed by atoms with Crippen LogP contribution in [-0.4, -0.2) is 34.1 Å². The van der Waals surface area contributed by atoms with Crippen molar-refractivity contribution < 1.29 is 0 Å². The summed E-state index contributed by atoms with van der Waals surface area (Å²) in [5.41, 5.74) is 3.48. The second-order valence-electron chi connectivity index (χ2n) is 8.79. The van der Waals surface area contributed by atoms with E-state index in [2.05, 4.69) is 44.0 Å². The Balaban J connectivity index is 0.00000256. The summed E-state index contributed by atoms with van der Waals surface area (Å²) in [6.45, 7) is 5.91. The second-order valence-corrected chi connectivity index (χ2v) is 9.70. The summed E-state index contributed by atoms with van der Waals surface area (Å²) >= 11 is 3.63. The molecular formula is C23H31BrClN3O2. The molecule has 1 saturated heterocycles. The molecule has 2 heterocycles. The van der Waals surface area contributed by atoms with Crippen molar-refractivity contribution in [1.29, 1.82) is 0 Å². The molecular weight excluding hydrogens is 466 g/mol. The number of aromatic amines is 1. The lowest BCUT2D eigenvalue weighted by atomic mass is 9.69. The zero-order valence-corrected chi connectivity index (χ0v) is 20.0. The minimum Gasteiger partial charge on any atom is -0.302 e. The molecule has 4 rings (SSSR count). The van der Waals surface area contributed by atoms with Gasteiger partial charge in [-0.3, -0.25) is 9.78 Å². The average Bonchev–Trinajstić information content (AvgIpc) is 3.09. The number of hydrogen-bond donors (Lipinski definition) is 1. The first-order chi connectivity index (χ1) is 14.0. The van der Waals surface area contributed by atoms with E-state index in [1.807, 2.05) is 0 Å². The van der Waals surface area contributed by atoms with Gasteiger partial charge in [-0.1, -0.05) is 28.4 Å². The van der Waals surface area contributed by atoms with E-state index in [9.17, 15) is 9.59 Å². The minimum atomic E-state index is -0.301. The van der Waals surface area contributed by atoms with Crippen LogP contribution in [0.4, 0.5) is 0 Å². The van der Waals surface area contributed by atoms with Gasteiger partial charge in [0.1, 0.15) is 0 Å². The van der Waals surface area contributed by atoms with E-state index in [0.717, 1.165) is 25.8 Å². The lowest BCUT2D eigenvalue weighted by Gasteiger charge is -2.36. The molecule has 1 aromatic carbocycles. The summed E-state index contributed by atoms with van der Waals surface area (Å²) in [5, 5.41) is 0. The van der Waals surface area contributed by atoms with Crippen LogP contribution in [-0.2, 0) is 18.4 Å². The fourth-order valence-electron chi connectivity index (χ4n) is 5.19. The van der Waals surface area contributed by atoms with E-state index in [4.69, 9.17) is 0 Å². The molecule has 0 saturated carbocycles. The largest absolute Gasteiger partial charge is 0.328 e. The Morgan fingerprint density at radius 2 is 1.93 bits per heavy atom. The molecule has 0 bridgehead atoms. The molecule has 1 unspecified atom stereocenters. The van der Waals surface area contributed by atoms with Crippen LogP contribution in [0, 0.1) is 6.92 Å². The van der Waals surface area contributed by atoms with Crippen LogP contribution in [0.2, 0.25) is 0 Å². The van der Waals surface area contributed by atoms with Gasteiger partial charge in [0.2, 0.25) is 0 Å². The summed E-state index contributed by atoms with van der Waals surface area (Å²) in [4.78, 5) is 28.3. The highest BCUT2D eigenvalue weighted by Gasteiger charge is 2.41. The van der Waals surface area contributed by atoms with Gasteiger partial charge in [0, 0.05) is 34.7 Å². The molecule has 164 valence electrons. The number of unbranched alkanes of at least 4 members (excludes halogenated alkanes) is 2. The van der Waals surface area contributed by atoms with E-state index in [1.54, 1.807) is 23.3 Å². The number of nitrogens with zero attached hydrogens (tertiary/aromatic N) is 2. The van der Waals surface area contributed by atoms with Gasteiger partial charge < -0.3 is 9.47 Å². The van der Waals surface area contributed by atoms with Gasteiger partial charge in [-0.25, -0.2) is 4.79 Å². The van der Waals surface area contributed by atoms with Crippen LogP contribution in [0.3, 0.4) is 0 Å². The van der Waals surface area contributed by atoms with Crippen molar-refractivity contribution in [3.63, 3.8) is 0 Å². The topological polar surface area (TPSA) is 58.1 Å². The SMILES string of the molecule is Cc1cn(CCCCCN2CCC3(CCCc4cc(Br)ccc43)C2)c(=O)[nH]c1=O.Cl. The van der Waals surface area contributed by atoms with Gasteiger partial charge in [0.25, 0.3) is 5.56 Å². The van der Waals surface area contributed by atoms with Crippen LogP contribution < -0.4 is 11.2 Å². The van der Waals surface area contributed by atoms with Gasteiger partial charge in [-0.15, -0.1) is 12.4 Å². The number of hydrogen-bond acceptors (Lipinski definition) is 3. The van der Waals surface area contributed by atoms with E-state index in [1.165, 1.54) is 48.8 Å². The number of aryl methyl sites for hydroxylation is 3. The summed E-state index contributed by atoms with van der Waals surface area (Å²) in [6, 6.07) is 6.88. The number of halogens is 2.